The number of piperidine rings is 3. The number of aromatic nitrogens is 2. The molecule has 7 rings (SSSR count). The first-order valence-electron chi connectivity index (χ1n) is 13.4. The Morgan fingerprint density at radius 2 is 1.73 bits per heavy atom. The molecule has 0 unspecified atom stereocenters. The molecule has 6 nitrogen and oxygen atoms in total. The minimum atomic E-state index is -1.25. The van der Waals surface area contributed by atoms with Gasteiger partial charge in [-0.15, -0.1) is 10.2 Å². The molecule has 2 aromatic carbocycles. The molecule has 2 bridgehead atoms. The average Bonchev–Trinajstić information content (AvgIpc) is 3.38. The normalized spacial score (nSPS) is 27.3. The van der Waals surface area contributed by atoms with E-state index in [1.165, 1.54) is 6.42 Å². The third-order valence-electron chi connectivity index (χ3n) is 8.80. The number of aliphatic hydroxyl groups is 1. The molecule has 1 N–H and O–H groups in total. The molecule has 37 heavy (non-hydrogen) atoms. The Kier molecular flexibility index (Phi) is 7.96. The molecule has 1 aliphatic carbocycles. The maximum Gasteiger partial charge on any atom is 0.271 e. The van der Waals surface area contributed by atoms with E-state index in [1.807, 2.05) is 54.6 Å². The number of fused-ring (bicyclic) bond motifs is 3. The van der Waals surface area contributed by atoms with Crippen LogP contribution in [-0.2, 0) is 12.1 Å². The summed E-state index contributed by atoms with van der Waals surface area (Å²) in [5.41, 5.74) is -0.409. The lowest BCUT2D eigenvalue weighted by Gasteiger charge is -2.51. The zero-order chi connectivity index (χ0) is 24.6. The second-order valence-corrected chi connectivity index (χ2v) is 11.5. The highest BCUT2D eigenvalue weighted by atomic mass is 79.9. The zero-order valence-electron chi connectivity index (χ0n) is 21.1. The van der Waals surface area contributed by atoms with Gasteiger partial charge in [0.2, 0.25) is 0 Å². The average molecular weight is 589 g/mol. The predicted molar refractivity (Wildman–Crippen MR) is 137 cm³/mol. The van der Waals surface area contributed by atoms with Crippen molar-refractivity contribution in [3.63, 3.8) is 0 Å². The van der Waals surface area contributed by atoms with Gasteiger partial charge in [-0.1, -0.05) is 67.3 Å². The van der Waals surface area contributed by atoms with E-state index in [0.29, 0.717) is 29.3 Å². The number of benzene rings is 2. The van der Waals surface area contributed by atoms with E-state index in [2.05, 4.69) is 10.2 Å². The van der Waals surface area contributed by atoms with E-state index in [0.717, 1.165) is 74.0 Å². The fourth-order valence-corrected chi connectivity index (χ4v) is 6.98. The van der Waals surface area contributed by atoms with Gasteiger partial charge in [0, 0.05) is 29.7 Å². The lowest BCUT2D eigenvalue weighted by atomic mass is 9.73. The van der Waals surface area contributed by atoms with Crippen molar-refractivity contribution < 1.29 is 35.7 Å². The van der Waals surface area contributed by atoms with E-state index in [9.17, 15) is 5.11 Å². The Labute approximate surface area is 234 Å². The van der Waals surface area contributed by atoms with Crippen LogP contribution >= 0.6 is 11.6 Å². The minimum Gasteiger partial charge on any atom is -1.00 e. The minimum absolute atomic E-state index is 0. The number of quaternary nitrogens is 1. The summed E-state index contributed by atoms with van der Waals surface area (Å²) in [5.74, 6) is 2.43. The van der Waals surface area contributed by atoms with E-state index < -0.39 is 5.60 Å². The molecule has 3 aliphatic heterocycles. The summed E-state index contributed by atoms with van der Waals surface area (Å²) in [6.45, 7) is 3.76. The topological polar surface area (TPSA) is 68.4 Å². The van der Waals surface area contributed by atoms with Crippen molar-refractivity contribution >= 4 is 11.6 Å². The van der Waals surface area contributed by atoms with Gasteiger partial charge in [0.15, 0.2) is 18.2 Å². The van der Waals surface area contributed by atoms with E-state index in [4.69, 9.17) is 20.8 Å². The third kappa shape index (κ3) is 5.33. The molecule has 4 aliphatic rings. The van der Waals surface area contributed by atoms with Crippen LogP contribution in [0.2, 0.25) is 5.02 Å². The van der Waals surface area contributed by atoms with E-state index in [1.54, 1.807) is 0 Å². The number of hydrogen-bond donors (Lipinski definition) is 1. The van der Waals surface area contributed by atoms with Crippen LogP contribution in [-0.4, -0.2) is 45.5 Å². The largest absolute Gasteiger partial charge is 1.00 e. The lowest BCUT2D eigenvalue weighted by Crippen LogP contribution is -3.00. The van der Waals surface area contributed by atoms with Gasteiger partial charge in [0.1, 0.15) is 12.3 Å². The van der Waals surface area contributed by atoms with Crippen LogP contribution in [0.4, 0.5) is 0 Å². The first kappa shape index (κ1) is 26.7. The number of hydrogen-bond acceptors (Lipinski definition) is 5. The van der Waals surface area contributed by atoms with Crippen molar-refractivity contribution in [2.75, 3.05) is 19.6 Å². The van der Waals surface area contributed by atoms with Gasteiger partial charge in [0.05, 0.1) is 13.1 Å². The van der Waals surface area contributed by atoms with Crippen molar-refractivity contribution in [1.82, 2.24) is 10.2 Å². The summed E-state index contributed by atoms with van der Waals surface area (Å²) in [6, 6.07) is 17.5. The second-order valence-electron chi connectivity index (χ2n) is 11.0. The second kappa shape index (κ2) is 11.0. The first-order valence-corrected chi connectivity index (χ1v) is 13.8. The van der Waals surface area contributed by atoms with Crippen molar-refractivity contribution in [3.05, 3.63) is 77.0 Å². The molecule has 4 heterocycles. The zero-order valence-corrected chi connectivity index (χ0v) is 23.4. The fraction of sp³-hybridized carbons (Fsp3) is 0.517. The van der Waals surface area contributed by atoms with Crippen molar-refractivity contribution in [2.24, 2.45) is 11.8 Å². The monoisotopic (exact) mass is 587 g/mol. The molecule has 1 saturated carbocycles. The predicted octanol–water partition coefficient (Wildman–Crippen LogP) is 2.73. The molecule has 3 saturated heterocycles. The number of rotatable bonds is 7. The number of nitrogens with zero attached hydrogens (tertiary/aromatic N) is 3. The van der Waals surface area contributed by atoms with Crippen molar-refractivity contribution in [1.29, 1.82) is 0 Å². The summed E-state index contributed by atoms with van der Waals surface area (Å²) >= 11 is 6.18. The fourth-order valence-electron chi connectivity index (χ4n) is 6.80. The first-order chi connectivity index (χ1) is 17.5. The van der Waals surface area contributed by atoms with Gasteiger partial charge in [0.25, 0.3) is 11.8 Å². The summed E-state index contributed by atoms with van der Waals surface area (Å²) in [7, 11) is 0. The summed E-state index contributed by atoms with van der Waals surface area (Å²) < 4.78 is 13.6. The lowest BCUT2D eigenvalue weighted by molar-refractivity contribution is -0.959. The molecule has 2 atom stereocenters. The van der Waals surface area contributed by atoms with E-state index in [-0.39, 0.29) is 29.0 Å². The van der Waals surface area contributed by atoms with Crippen LogP contribution < -0.4 is 21.7 Å². The van der Waals surface area contributed by atoms with Crippen LogP contribution in [0.1, 0.15) is 62.3 Å². The van der Waals surface area contributed by atoms with Gasteiger partial charge < -0.3 is 35.7 Å². The van der Waals surface area contributed by atoms with Gasteiger partial charge in [-0.25, -0.2) is 0 Å². The quantitative estimate of drug-likeness (QED) is 0.430. The van der Waals surface area contributed by atoms with Crippen molar-refractivity contribution in [3.8, 4) is 5.75 Å². The summed E-state index contributed by atoms with van der Waals surface area (Å²) in [5, 5.41) is 21.8. The number of halogens is 2. The Balaban J connectivity index is 0.00000280. The number of ether oxygens (including phenoxy) is 1. The Morgan fingerprint density at radius 3 is 2.46 bits per heavy atom. The molecule has 3 aromatic rings. The third-order valence-corrected chi connectivity index (χ3v) is 9.03. The van der Waals surface area contributed by atoms with Gasteiger partial charge in [-0.2, -0.15) is 0 Å². The smallest absolute Gasteiger partial charge is 0.271 e. The molecular formula is C29H35BrClN3O3. The SMILES string of the molecule is O[C@](c1ccccc1)(c1nnc(C[N+]23CCC(CC2)[C@@H](Oc2cccc(Cl)c2)C3)o1)C1CCCCC1.[Br-]. The summed E-state index contributed by atoms with van der Waals surface area (Å²) in [6.07, 6.45) is 7.80. The highest BCUT2D eigenvalue weighted by Gasteiger charge is 2.49. The standard InChI is InChI=1S/C29H35ClN3O3.BrH/c30-24-12-7-13-25(18-24)35-26-19-33(16-14-21(26)15-17-33)20-27-31-32-28(36-27)29(34,22-8-3-1-4-9-22)23-10-5-2-6-11-23;/h1,3-4,7-9,12-13,18,21,23,26,34H,2,5-6,10-11,14-17,19-20H2;1H/q+1;/p-1/t21?,26-,29-,33?;/m0./s1. The van der Waals surface area contributed by atoms with E-state index >= 15 is 0 Å². The maximum absolute atomic E-state index is 12.1. The van der Waals surface area contributed by atoms with Gasteiger partial charge in [-0.05, 0) is 36.6 Å². The van der Waals surface area contributed by atoms with Crippen LogP contribution in [0.15, 0.2) is 59.0 Å². The molecule has 1 aromatic heterocycles. The van der Waals surface area contributed by atoms with Crippen LogP contribution in [0, 0.1) is 11.8 Å². The molecule has 198 valence electrons. The highest BCUT2D eigenvalue weighted by Crippen LogP contribution is 2.44. The molecule has 0 amide bonds. The summed E-state index contributed by atoms with van der Waals surface area (Å²) in [4.78, 5) is 0. The molecule has 4 fully saturated rings. The van der Waals surface area contributed by atoms with Gasteiger partial charge in [-0.3, -0.25) is 0 Å². The van der Waals surface area contributed by atoms with Crippen LogP contribution in [0.25, 0.3) is 0 Å². The van der Waals surface area contributed by atoms with Crippen LogP contribution in [0.3, 0.4) is 0 Å². The van der Waals surface area contributed by atoms with Crippen LogP contribution in [0.5, 0.6) is 5.75 Å². The Morgan fingerprint density at radius 1 is 0.973 bits per heavy atom. The maximum atomic E-state index is 12.1. The Hall–Kier alpha value is -1.93. The van der Waals surface area contributed by atoms with Crippen molar-refractivity contribution in [2.45, 2.75) is 63.2 Å². The molecular weight excluding hydrogens is 554 g/mol. The van der Waals surface area contributed by atoms with Gasteiger partial charge >= 0.3 is 0 Å². The molecule has 0 radical (unpaired) electrons. The highest BCUT2D eigenvalue weighted by molar-refractivity contribution is 6.30. The molecule has 8 heteroatoms. The molecule has 0 spiro atoms. The Bertz CT molecular complexity index is 1180.